The number of carboxylic acids is 1. The molecule has 220 valence electrons. The van der Waals surface area contributed by atoms with Crippen LogP contribution in [0.25, 0.3) is 10.9 Å². The molecule has 0 fully saturated rings. The monoisotopic (exact) mass is 559 g/mol. The molecule has 13 heteroatoms. The molecular formula is C27H41N7O6. The van der Waals surface area contributed by atoms with Crippen LogP contribution in [0.2, 0.25) is 0 Å². The Hall–Kier alpha value is -3.97. The molecule has 0 saturated heterocycles. The summed E-state index contributed by atoms with van der Waals surface area (Å²) in [5.74, 6) is -4.37. The zero-order chi connectivity index (χ0) is 29.8. The fourth-order valence-corrected chi connectivity index (χ4v) is 4.30. The predicted octanol–water partition coefficient (Wildman–Crippen LogP) is -0.373. The van der Waals surface area contributed by atoms with Gasteiger partial charge >= 0.3 is 5.97 Å². The van der Waals surface area contributed by atoms with Crippen molar-refractivity contribution < 1.29 is 29.1 Å². The second-order valence-electron chi connectivity index (χ2n) is 10.3. The Labute approximate surface area is 233 Å². The highest BCUT2D eigenvalue weighted by atomic mass is 16.4. The highest BCUT2D eigenvalue weighted by molar-refractivity contribution is 5.96. The van der Waals surface area contributed by atoms with Gasteiger partial charge in [-0.25, -0.2) is 4.79 Å². The van der Waals surface area contributed by atoms with Crippen LogP contribution >= 0.6 is 0 Å². The van der Waals surface area contributed by atoms with Gasteiger partial charge in [-0.1, -0.05) is 38.5 Å². The van der Waals surface area contributed by atoms with Crippen molar-refractivity contribution in [3.63, 3.8) is 0 Å². The van der Waals surface area contributed by atoms with Gasteiger partial charge in [-0.3, -0.25) is 19.2 Å². The van der Waals surface area contributed by atoms with Gasteiger partial charge in [-0.15, -0.1) is 0 Å². The first-order chi connectivity index (χ1) is 18.9. The molecule has 2 aromatic rings. The van der Waals surface area contributed by atoms with Crippen LogP contribution in [0.4, 0.5) is 0 Å². The summed E-state index contributed by atoms with van der Waals surface area (Å²) in [4.78, 5) is 65.8. The zero-order valence-electron chi connectivity index (χ0n) is 22.9. The summed E-state index contributed by atoms with van der Waals surface area (Å²) in [6, 6.07) is 2.68. The van der Waals surface area contributed by atoms with Gasteiger partial charge in [0.05, 0.1) is 12.5 Å². The van der Waals surface area contributed by atoms with Crippen LogP contribution in [-0.2, 0) is 30.4 Å². The van der Waals surface area contributed by atoms with E-state index < -0.39 is 60.2 Å². The number of para-hydroxylation sites is 1. The second kappa shape index (κ2) is 15.6. The molecule has 0 aliphatic heterocycles. The molecule has 0 aliphatic carbocycles. The van der Waals surface area contributed by atoms with E-state index >= 15 is 0 Å². The van der Waals surface area contributed by atoms with Gasteiger partial charge < -0.3 is 43.2 Å². The molecule has 0 bridgehead atoms. The summed E-state index contributed by atoms with van der Waals surface area (Å²) in [5.41, 5.74) is 18.4. The van der Waals surface area contributed by atoms with Crippen molar-refractivity contribution in [3.05, 3.63) is 36.0 Å². The standard InChI is InChI=1S/C27H41N7O6/c1-15(2)11-22(27(39)40)34-26(38)21(13-23(30)35)33-25(37)20(32-24(36)18(29)8-5-6-10-28)12-16-14-31-19-9-4-3-7-17(16)19/h3-4,7,9,14-15,18,20-22,31H,5-6,8,10-13,28-29H2,1-2H3,(H2,30,35)(H,32,36)(H,33,37)(H,34,38)(H,39,40). The van der Waals surface area contributed by atoms with Crippen LogP contribution in [0.3, 0.4) is 0 Å². The number of carbonyl (C=O) groups is 5. The Morgan fingerprint density at radius 3 is 2.17 bits per heavy atom. The smallest absolute Gasteiger partial charge is 0.326 e. The van der Waals surface area contributed by atoms with Gasteiger partial charge in [0.25, 0.3) is 0 Å². The van der Waals surface area contributed by atoms with E-state index in [1.54, 1.807) is 20.0 Å². The van der Waals surface area contributed by atoms with Gasteiger partial charge in [0, 0.05) is 23.5 Å². The number of nitrogens with one attached hydrogen (secondary N) is 4. The summed E-state index contributed by atoms with van der Waals surface area (Å²) in [6.45, 7) is 4.05. The van der Waals surface area contributed by atoms with Gasteiger partial charge in [-0.2, -0.15) is 0 Å². The highest BCUT2D eigenvalue weighted by Crippen LogP contribution is 2.19. The van der Waals surface area contributed by atoms with Crippen molar-refractivity contribution >= 4 is 40.5 Å². The molecule has 4 amide bonds. The summed E-state index contributed by atoms with van der Waals surface area (Å²) in [5, 5.41) is 17.9. The molecule has 0 spiro atoms. The number of amides is 4. The average Bonchev–Trinajstić information content (AvgIpc) is 3.29. The number of nitrogens with two attached hydrogens (primary N) is 3. The minimum absolute atomic E-state index is 0.0459. The third-order valence-electron chi connectivity index (χ3n) is 6.40. The number of aromatic amines is 1. The van der Waals surface area contributed by atoms with Crippen LogP contribution in [0.15, 0.2) is 30.5 Å². The molecule has 1 aromatic heterocycles. The van der Waals surface area contributed by atoms with Crippen LogP contribution in [0, 0.1) is 5.92 Å². The van der Waals surface area contributed by atoms with Crippen molar-refractivity contribution in [1.82, 2.24) is 20.9 Å². The van der Waals surface area contributed by atoms with Crippen molar-refractivity contribution in [3.8, 4) is 0 Å². The largest absolute Gasteiger partial charge is 0.480 e. The third kappa shape index (κ3) is 9.97. The lowest BCUT2D eigenvalue weighted by Gasteiger charge is -2.25. The first-order valence-electron chi connectivity index (χ1n) is 13.4. The molecular weight excluding hydrogens is 518 g/mol. The van der Waals surface area contributed by atoms with Crippen LogP contribution < -0.4 is 33.2 Å². The molecule has 1 heterocycles. The molecule has 11 N–H and O–H groups in total. The molecule has 13 nitrogen and oxygen atoms in total. The summed E-state index contributed by atoms with van der Waals surface area (Å²) >= 11 is 0. The van der Waals surface area contributed by atoms with E-state index in [-0.39, 0.29) is 18.8 Å². The second-order valence-corrected chi connectivity index (χ2v) is 10.3. The molecule has 0 aliphatic rings. The quantitative estimate of drug-likeness (QED) is 0.119. The van der Waals surface area contributed by atoms with Crippen molar-refractivity contribution in [2.75, 3.05) is 6.54 Å². The Bertz CT molecular complexity index is 1180. The summed E-state index contributed by atoms with van der Waals surface area (Å²) < 4.78 is 0. The summed E-state index contributed by atoms with van der Waals surface area (Å²) in [6.07, 6.45) is 3.02. The predicted molar refractivity (Wildman–Crippen MR) is 150 cm³/mol. The number of carbonyl (C=O) groups excluding carboxylic acids is 4. The van der Waals surface area contributed by atoms with E-state index in [4.69, 9.17) is 17.2 Å². The topological polar surface area (TPSA) is 236 Å². The van der Waals surface area contributed by atoms with Crippen molar-refractivity contribution in [2.45, 2.75) is 76.5 Å². The van der Waals surface area contributed by atoms with Gasteiger partial charge in [0.1, 0.15) is 18.1 Å². The van der Waals surface area contributed by atoms with Crippen LogP contribution in [0.1, 0.15) is 51.5 Å². The van der Waals surface area contributed by atoms with E-state index in [2.05, 4.69) is 20.9 Å². The molecule has 0 saturated carbocycles. The van der Waals surface area contributed by atoms with E-state index in [0.717, 1.165) is 16.5 Å². The average molecular weight is 560 g/mol. The number of hydrogen-bond donors (Lipinski definition) is 8. The number of unbranched alkanes of at least 4 members (excludes halogenated alkanes) is 1. The van der Waals surface area contributed by atoms with E-state index in [9.17, 15) is 29.1 Å². The van der Waals surface area contributed by atoms with Crippen molar-refractivity contribution in [1.29, 1.82) is 0 Å². The van der Waals surface area contributed by atoms with Gasteiger partial charge in [0.2, 0.25) is 23.6 Å². The minimum Gasteiger partial charge on any atom is -0.480 e. The van der Waals surface area contributed by atoms with Gasteiger partial charge in [-0.05, 0) is 43.4 Å². The maximum atomic E-state index is 13.5. The Morgan fingerprint density at radius 1 is 0.925 bits per heavy atom. The molecule has 0 radical (unpaired) electrons. The first kappa shape index (κ1) is 32.2. The molecule has 4 unspecified atom stereocenters. The Morgan fingerprint density at radius 2 is 1.55 bits per heavy atom. The number of fused-ring (bicyclic) bond motifs is 1. The zero-order valence-corrected chi connectivity index (χ0v) is 22.9. The maximum absolute atomic E-state index is 13.5. The van der Waals surface area contributed by atoms with Crippen LogP contribution in [-0.4, -0.2) is 70.4 Å². The SMILES string of the molecule is CC(C)CC(NC(=O)C(CC(N)=O)NC(=O)C(Cc1c[nH]c2ccccc12)NC(=O)C(N)CCCCN)C(=O)O. The first-order valence-corrected chi connectivity index (χ1v) is 13.4. The number of H-pyrrole nitrogens is 1. The minimum atomic E-state index is -1.46. The number of benzene rings is 1. The fraction of sp³-hybridized carbons (Fsp3) is 0.519. The van der Waals surface area contributed by atoms with Crippen LogP contribution in [0.5, 0.6) is 0 Å². The molecule has 1 aromatic carbocycles. The third-order valence-corrected chi connectivity index (χ3v) is 6.40. The lowest BCUT2D eigenvalue weighted by Crippen LogP contribution is -2.58. The Balaban J connectivity index is 2.28. The summed E-state index contributed by atoms with van der Waals surface area (Å²) in [7, 11) is 0. The van der Waals surface area contributed by atoms with E-state index in [1.807, 2.05) is 24.3 Å². The fourth-order valence-electron chi connectivity index (χ4n) is 4.30. The number of hydrogen-bond acceptors (Lipinski definition) is 7. The highest BCUT2D eigenvalue weighted by Gasteiger charge is 2.32. The van der Waals surface area contributed by atoms with E-state index in [1.165, 1.54) is 0 Å². The number of primary amides is 1. The number of aromatic nitrogens is 1. The van der Waals surface area contributed by atoms with Crippen molar-refractivity contribution in [2.24, 2.45) is 23.1 Å². The Kier molecular flexibility index (Phi) is 12.6. The van der Waals surface area contributed by atoms with Gasteiger partial charge in [0.15, 0.2) is 0 Å². The number of aliphatic carboxylic acids is 1. The molecule has 2 rings (SSSR count). The number of carboxylic acid groups (broad SMARTS) is 1. The number of rotatable bonds is 17. The molecule has 4 atom stereocenters. The normalized spacial score (nSPS) is 14.2. The van der Waals surface area contributed by atoms with E-state index in [0.29, 0.717) is 25.8 Å². The lowest BCUT2D eigenvalue weighted by molar-refractivity contribution is -0.143. The lowest BCUT2D eigenvalue weighted by atomic mass is 10.0. The maximum Gasteiger partial charge on any atom is 0.326 e. The molecule has 40 heavy (non-hydrogen) atoms.